The highest BCUT2D eigenvalue weighted by Crippen LogP contribution is 2.34. The smallest absolute Gasteiger partial charge is 0.255 e. The molecule has 150 valence electrons. The van der Waals surface area contributed by atoms with E-state index in [2.05, 4.69) is 17.6 Å². The van der Waals surface area contributed by atoms with Crippen molar-refractivity contribution in [3.05, 3.63) is 17.7 Å². The van der Waals surface area contributed by atoms with E-state index in [0.717, 1.165) is 25.9 Å². The summed E-state index contributed by atoms with van der Waals surface area (Å²) in [6, 6.07) is 3.24. The number of piperidine rings is 1. The van der Waals surface area contributed by atoms with E-state index in [0.29, 0.717) is 35.1 Å². The van der Waals surface area contributed by atoms with Crippen molar-refractivity contribution in [1.29, 1.82) is 0 Å². The third kappa shape index (κ3) is 5.35. The van der Waals surface area contributed by atoms with Crippen molar-refractivity contribution in [2.45, 2.75) is 26.2 Å². The van der Waals surface area contributed by atoms with Gasteiger partial charge in [0, 0.05) is 26.6 Å². The Kier molecular flexibility index (Phi) is 7.47. The number of nitrogens with zero attached hydrogens (tertiary/aromatic N) is 1. The van der Waals surface area contributed by atoms with Crippen LogP contribution in [0.3, 0.4) is 0 Å². The van der Waals surface area contributed by atoms with Crippen LogP contribution in [0, 0.1) is 11.8 Å². The lowest BCUT2D eigenvalue weighted by molar-refractivity contribution is -0.117. The van der Waals surface area contributed by atoms with Gasteiger partial charge in [-0.1, -0.05) is 6.92 Å². The van der Waals surface area contributed by atoms with Gasteiger partial charge in [0.15, 0.2) is 11.5 Å². The second kappa shape index (κ2) is 9.60. The summed E-state index contributed by atoms with van der Waals surface area (Å²) in [6.07, 6.45) is 2.70. The van der Waals surface area contributed by atoms with Crippen LogP contribution in [0.5, 0.6) is 11.5 Å². The minimum absolute atomic E-state index is 0.104. The Balaban J connectivity index is 2.19. The molecule has 1 heterocycles. The number of carbonyl (C=O) groups is 2. The van der Waals surface area contributed by atoms with Crippen LogP contribution >= 0.6 is 0 Å². The van der Waals surface area contributed by atoms with Gasteiger partial charge < -0.3 is 25.0 Å². The van der Waals surface area contributed by atoms with Crippen molar-refractivity contribution in [2.75, 3.05) is 46.7 Å². The molecule has 0 aromatic heterocycles. The lowest BCUT2D eigenvalue weighted by Crippen LogP contribution is -2.34. The summed E-state index contributed by atoms with van der Waals surface area (Å²) in [5.74, 6) is 1.36. The zero-order valence-electron chi connectivity index (χ0n) is 16.9. The fourth-order valence-electron chi connectivity index (χ4n) is 3.43. The zero-order valence-corrected chi connectivity index (χ0v) is 16.9. The first kappa shape index (κ1) is 21.0. The largest absolute Gasteiger partial charge is 0.493 e. The number of carbonyl (C=O) groups excluding carboxylic acids is 2. The molecule has 0 radical (unpaired) electrons. The molecule has 2 unspecified atom stereocenters. The molecule has 2 rings (SSSR count). The normalized spacial score (nSPS) is 17.7. The number of ether oxygens (including phenoxy) is 2. The number of hydrogen-bond donors (Lipinski definition) is 2. The number of anilines is 1. The molecule has 1 saturated heterocycles. The first-order valence-corrected chi connectivity index (χ1v) is 9.35. The van der Waals surface area contributed by atoms with E-state index in [1.165, 1.54) is 19.1 Å². The first-order chi connectivity index (χ1) is 12.9. The molecule has 1 aromatic carbocycles. The highest BCUT2D eigenvalue weighted by molar-refractivity contribution is 6.04. The van der Waals surface area contributed by atoms with Gasteiger partial charge in [0.25, 0.3) is 5.91 Å². The number of nitrogens with one attached hydrogen (secondary N) is 2. The van der Waals surface area contributed by atoms with E-state index in [1.807, 2.05) is 0 Å². The van der Waals surface area contributed by atoms with E-state index in [-0.39, 0.29) is 17.7 Å². The molecule has 0 aliphatic carbocycles. The highest BCUT2D eigenvalue weighted by atomic mass is 16.5. The van der Waals surface area contributed by atoms with E-state index in [4.69, 9.17) is 9.47 Å². The maximum atomic E-state index is 12.6. The molecule has 2 N–H and O–H groups in total. The maximum Gasteiger partial charge on any atom is 0.255 e. The second-order valence-electron chi connectivity index (χ2n) is 7.29. The summed E-state index contributed by atoms with van der Waals surface area (Å²) < 4.78 is 10.6. The molecular weight excluding hydrogens is 346 g/mol. The highest BCUT2D eigenvalue weighted by Gasteiger charge is 2.24. The van der Waals surface area contributed by atoms with Crippen molar-refractivity contribution >= 4 is 17.5 Å². The second-order valence-corrected chi connectivity index (χ2v) is 7.29. The van der Waals surface area contributed by atoms with Crippen LogP contribution in [0.2, 0.25) is 0 Å². The van der Waals surface area contributed by atoms with E-state index in [1.54, 1.807) is 26.2 Å². The number of rotatable bonds is 7. The predicted molar refractivity (Wildman–Crippen MR) is 106 cm³/mol. The van der Waals surface area contributed by atoms with Gasteiger partial charge in [0.05, 0.1) is 25.5 Å². The van der Waals surface area contributed by atoms with Crippen LogP contribution < -0.4 is 20.1 Å². The van der Waals surface area contributed by atoms with Gasteiger partial charge in [-0.15, -0.1) is 0 Å². The molecule has 0 spiro atoms. The summed E-state index contributed by atoms with van der Waals surface area (Å²) >= 11 is 0. The molecule has 27 heavy (non-hydrogen) atoms. The van der Waals surface area contributed by atoms with Crippen LogP contribution in [0.4, 0.5) is 5.69 Å². The third-order valence-electron chi connectivity index (χ3n) is 5.08. The molecule has 2 atom stereocenters. The molecule has 1 aliphatic heterocycles. The average Bonchev–Trinajstić information content (AvgIpc) is 2.67. The molecule has 0 bridgehead atoms. The van der Waals surface area contributed by atoms with Crippen molar-refractivity contribution in [3.8, 4) is 11.5 Å². The number of benzene rings is 1. The minimum Gasteiger partial charge on any atom is -0.493 e. The van der Waals surface area contributed by atoms with Gasteiger partial charge in [0.1, 0.15) is 0 Å². The fourth-order valence-corrected chi connectivity index (χ4v) is 3.43. The van der Waals surface area contributed by atoms with Crippen LogP contribution in [0.25, 0.3) is 0 Å². The van der Waals surface area contributed by atoms with Gasteiger partial charge in [0.2, 0.25) is 5.91 Å². The van der Waals surface area contributed by atoms with Gasteiger partial charge in [-0.05, 0) is 43.8 Å². The van der Waals surface area contributed by atoms with Gasteiger partial charge in [-0.25, -0.2) is 0 Å². The Morgan fingerprint density at radius 3 is 2.48 bits per heavy atom. The quantitative estimate of drug-likeness (QED) is 0.763. The van der Waals surface area contributed by atoms with Crippen LogP contribution in [0.15, 0.2) is 12.1 Å². The summed E-state index contributed by atoms with van der Waals surface area (Å²) in [6.45, 7) is 4.12. The van der Waals surface area contributed by atoms with Crippen molar-refractivity contribution in [1.82, 2.24) is 10.2 Å². The Morgan fingerprint density at radius 2 is 1.93 bits per heavy atom. The topological polar surface area (TPSA) is 79.9 Å². The lowest BCUT2D eigenvalue weighted by atomic mass is 9.85. The molecule has 2 amide bonds. The molecular formula is C20H31N3O4. The molecule has 7 heteroatoms. The van der Waals surface area contributed by atoms with Crippen LogP contribution in [-0.4, -0.2) is 58.1 Å². The number of methoxy groups -OCH3 is 2. The van der Waals surface area contributed by atoms with E-state index in [9.17, 15) is 9.59 Å². The third-order valence-corrected chi connectivity index (χ3v) is 5.08. The monoisotopic (exact) mass is 377 g/mol. The van der Waals surface area contributed by atoms with E-state index >= 15 is 0 Å². The summed E-state index contributed by atoms with van der Waals surface area (Å²) in [7, 11) is 6.38. The summed E-state index contributed by atoms with van der Waals surface area (Å²) in [5.41, 5.74) is 0.809. The Labute approximate surface area is 161 Å². The predicted octanol–water partition coefficient (Wildman–Crippen LogP) is 2.37. The molecule has 1 aliphatic rings. The number of hydrogen-bond acceptors (Lipinski definition) is 5. The lowest BCUT2D eigenvalue weighted by Gasteiger charge is -2.28. The van der Waals surface area contributed by atoms with Crippen molar-refractivity contribution in [3.63, 3.8) is 0 Å². The average molecular weight is 377 g/mol. The van der Waals surface area contributed by atoms with Gasteiger partial charge in [-0.3, -0.25) is 9.59 Å². The molecule has 7 nitrogen and oxygen atoms in total. The Hall–Kier alpha value is -2.28. The van der Waals surface area contributed by atoms with Gasteiger partial charge in [-0.2, -0.15) is 0 Å². The standard InChI is InChI=1S/C20H31N3O4/c1-13(14-7-6-8-21-12-14)9-19(24)22-16-11-18(27-5)17(26-4)10-15(16)20(25)23(2)3/h10-11,13-14,21H,6-9,12H2,1-5H3,(H,22,24). The Morgan fingerprint density at radius 1 is 1.26 bits per heavy atom. The van der Waals surface area contributed by atoms with E-state index < -0.39 is 0 Å². The zero-order chi connectivity index (χ0) is 20.0. The summed E-state index contributed by atoms with van der Waals surface area (Å²) in [5, 5.41) is 6.29. The molecule has 1 aromatic rings. The summed E-state index contributed by atoms with van der Waals surface area (Å²) in [4.78, 5) is 26.7. The van der Waals surface area contributed by atoms with Crippen LogP contribution in [-0.2, 0) is 4.79 Å². The molecule has 1 fully saturated rings. The van der Waals surface area contributed by atoms with Crippen molar-refractivity contribution in [2.24, 2.45) is 11.8 Å². The SMILES string of the molecule is COc1cc(NC(=O)CC(C)C2CCCNC2)c(C(=O)N(C)C)cc1OC. The Bertz CT molecular complexity index is 669. The van der Waals surface area contributed by atoms with Crippen LogP contribution in [0.1, 0.15) is 36.5 Å². The minimum atomic E-state index is -0.212. The number of amides is 2. The maximum absolute atomic E-state index is 12.6. The fraction of sp³-hybridized carbons (Fsp3) is 0.600. The van der Waals surface area contributed by atoms with Gasteiger partial charge >= 0.3 is 0 Å². The van der Waals surface area contributed by atoms with Crippen molar-refractivity contribution < 1.29 is 19.1 Å². The first-order valence-electron chi connectivity index (χ1n) is 9.35. The molecule has 0 saturated carbocycles.